The van der Waals surface area contributed by atoms with Gasteiger partial charge in [-0.15, -0.1) is 11.3 Å². The Morgan fingerprint density at radius 2 is 1.91 bits per heavy atom. The van der Waals surface area contributed by atoms with Crippen LogP contribution < -0.4 is 10.2 Å². The topological polar surface area (TPSA) is 153 Å². The van der Waals surface area contributed by atoms with E-state index in [1.807, 2.05) is 23.4 Å². The van der Waals surface area contributed by atoms with Crippen LogP contribution in [0, 0.1) is 0 Å². The number of rotatable bonds is 8. The summed E-state index contributed by atoms with van der Waals surface area (Å²) in [5.74, 6) is -0.405. The normalized spacial score (nSPS) is 25.2. The molecule has 0 spiro atoms. The van der Waals surface area contributed by atoms with Gasteiger partial charge in [-0.05, 0) is 73.7 Å². The number of nitrogens with one attached hydrogen (secondary N) is 1. The summed E-state index contributed by atoms with van der Waals surface area (Å²) in [5.41, 5.74) is 2.79. The second kappa shape index (κ2) is 12.9. The molecule has 4 saturated heterocycles. The highest BCUT2D eigenvalue weighted by molar-refractivity contribution is 7.50. The summed E-state index contributed by atoms with van der Waals surface area (Å²) in [6.07, 6.45) is 8.02. The molecule has 4 fully saturated rings. The second-order valence-electron chi connectivity index (χ2n) is 13.2. The van der Waals surface area contributed by atoms with Crippen molar-refractivity contribution in [2.45, 2.75) is 74.8 Å². The summed E-state index contributed by atoms with van der Waals surface area (Å²) in [6.45, 7) is 2.94. The first-order chi connectivity index (χ1) is 22.6. The largest absolute Gasteiger partial charge is 0.380 e. The molecule has 0 aliphatic carbocycles. The Labute approximate surface area is 277 Å². The SMILES string of the molecule is CO[C@H]1CCN(c2ccncc2C2CN(C(=O)[C@@H]3CC[C@@H]4CCC[C@H](NC(=O)c5cc6cc(CP(=O)(O)O)ccc6s5)C(=O)N43)C2)C1. The molecule has 7 rings (SSSR count). The molecule has 14 heteroatoms. The second-order valence-corrected chi connectivity index (χ2v) is 16.0. The van der Waals surface area contributed by atoms with Crippen LogP contribution in [0.2, 0.25) is 0 Å². The lowest BCUT2D eigenvalue weighted by atomic mass is 9.90. The maximum atomic E-state index is 14.0. The van der Waals surface area contributed by atoms with Gasteiger partial charge in [-0.25, -0.2) is 0 Å². The zero-order valence-corrected chi connectivity index (χ0v) is 28.0. The van der Waals surface area contributed by atoms with Crippen LogP contribution in [-0.4, -0.2) is 99.8 Å². The Kier molecular flexibility index (Phi) is 8.86. The Bertz CT molecular complexity index is 1740. The lowest BCUT2D eigenvalue weighted by Gasteiger charge is -2.43. The standard InChI is InChI=1S/C33H40N5O7PS/c1-45-24-10-12-36(18-24)27-9-11-34-15-25(27)22-16-37(17-22)33(41)28-7-6-23-3-2-4-26(32(40)38(23)28)35-31(39)30-14-21-13-20(19-46(42,43)44)5-8-29(21)47-30/h5,8-9,11,13-15,22-24,26,28H,2-4,6-7,10,12,16-19H2,1H3,(H,35,39)(H2,42,43,44)/t23-,24-,26-,28-/m0/s1. The number of ether oxygens (including phenoxy) is 1. The first kappa shape index (κ1) is 32.2. The highest BCUT2D eigenvalue weighted by Crippen LogP contribution is 2.41. The molecule has 4 aliphatic heterocycles. The highest BCUT2D eigenvalue weighted by Gasteiger charge is 2.48. The molecule has 3 aromatic rings. The van der Waals surface area contributed by atoms with Crippen LogP contribution in [0.1, 0.15) is 65.2 Å². The molecule has 4 aliphatic rings. The molecular formula is C33H40N5O7PS. The maximum absolute atomic E-state index is 14.0. The van der Waals surface area contributed by atoms with Gasteiger partial charge in [0, 0.05) is 73.6 Å². The maximum Gasteiger partial charge on any atom is 0.329 e. The zero-order chi connectivity index (χ0) is 32.9. The average Bonchev–Trinajstić information content (AvgIpc) is 3.75. The molecule has 0 bridgehead atoms. The highest BCUT2D eigenvalue weighted by atomic mass is 32.1. The van der Waals surface area contributed by atoms with E-state index in [1.165, 1.54) is 11.3 Å². The summed E-state index contributed by atoms with van der Waals surface area (Å²) >= 11 is 1.27. The molecule has 6 heterocycles. The number of thiophene rings is 1. The summed E-state index contributed by atoms with van der Waals surface area (Å²) in [4.78, 5) is 70.6. The van der Waals surface area contributed by atoms with E-state index in [9.17, 15) is 28.7 Å². The van der Waals surface area contributed by atoms with Crippen LogP contribution >= 0.6 is 18.9 Å². The summed E-state index contributed by atoms with van der Waals surface area (Å²) < 4.78 is 17.8. The van der Waals surface area contributed by atoms with E-state index in [1.54, 1.807) is 36.3 Å². The van der Waals surface area contributed by atoms with Gasteiger partial charge in [0.25, 0.3) is 5.91 Å². The van der Waals surface area contributed by atoms with Crippen LogP contribution in [0.3, 0.4) is 0 Å². The first-order valence-corrected chi connectivity index (χ1v) is 18.9. The van der Waals surface area contributed by atoms with Gasteiger partial charge < -0.3 is 34.5 Å². The summed E-state index contributed by atoms with van der Waals surface area (Å²) in [7, 11) is -2.47. The van der Waals surface area contributed by atoms with Crippen molar-refractivity contribution in [1.29, 1.82) is 0 Å². The van der Waals surface area contributed by atoms with E-state index in [2.05, 4.69) is 15.2 Å². The molecule has 3 N–H and O–H groups in total. The quantitative estimate of drug-likeness (QED) is 0.304. The molecule has 12 nitrogen and oxygen atoms in total. The number of amides is 3. The minimum absolute atomic E-state index is 0.0129. The van der Waals surface area contributed by atoms with E-state index in [-0.39, 0.29) is 41.9 Å². The number of hydrogen-bond donors (Lipinski definition) is 3. The number of pyridine rings is 1. The third-order valence-corrected chi connectivity index (χ3v) is 12.0. The van der Waals surface area contributed by atoms with Crippen molar-refractivity contribution in [3.05, 3.63) is 58.7 Å². The van der Waals surface area contributed by atoms with E-state index in [0.29, 0.717) is 36.4 Å². The van der Waals surface area contributed by atoms with E-state index >= 15 is 0 Å². The number of likely N-dealkylation sites (tertiary alicyclic amines) is 1. The van der Waals surface area contributed by atoms with E-state index in [4.69, 9.17) is 4.74 Å². The Morgan fingerprint density at radius 1 is 1.09 bits per heavy atom. The fourth-order valence-electron chi connectivity index (χ4n) is 7.71. The Hall–Kier alpha value is -3.35. The number of nitrogens with zero attached hydrogens (tertiary/aromatic N) is 4. The van der Waals surface area contributed by atoms with E-state index in [0.717, 1.165) is 60.1 Å². The van der Waals surface area contributed by atoms with Crippen molar-refractivity contribution in [3.8, 4) is 0 Å². The van der Waals surface area contributed by atoms with Crippen molar-refractivity contribution in [1.82, 2.24) is 20.1 Å². The lowest BCUT2D eigenvalue weighted by Crippen LogP contribution is -2.58. The van der Waals surface area contributed by atoms with Gasteiger partial charge in [0.05, 0.1) is 17.1 Å². The molecule has 0 unspecified atom stereocenters. The number of benzene rings is 1. The van der Waals surface area contributed by atoms with Gasteiger partial charge in [0.1, 0.15) is 12.1 Å². The van der Waals surface area contributed by atoms with Gasteiger partial charge in [-0.2, -0.15) is 0 Å². The fourth-order valence-corrected chi connectivity index (χ4v) is 9.33. The number of carbonyl (C=O) groups is 3. The number of fused-ring (bicyclic) bond motifs is 2. The summed E-state index contributed by atoms with van der Waals surface area (Å²) in [5, 5.41) is 3.66. The van der Waals surface area contributed by atoms with Crippen molar-refractivity contribution in [3.63, 3.8) is 0 Å². The molecule has 2 aromatic heterocycles. The predicted molar refractivity (Wildman–Crippen MR) is 178 cm³/mol. The van der Waals surface area contributed by atoms with Crippen LogP contribution in [-0.2, 0) is 25.1 Å². The van der Waals surface area contributed by atoms with Gasteiger partial charge >= 0.3 is 7.60 Å². The predicted octanol–water partition coefficient (Wildman–Crippen LogP) is 3.47. The molecule has 47 heavy (non-hydrogen) atoms. The monoisotopic (exact) mass is 681 g/mol. The van der Waals surface area contributed by atoms with Gasteiger partial charge in [0.15, 0.2) is 0 Å². The van der Waals surface area contributed by atoms with Crippen LogP contribution in [0.25, 0.3) is 10.1 Å². The zero-order valence-electron chi connectivity index (χ0n) is 26.3. The number of anilines is 1. The molecule has 0 radical (unpaired) electrons. The molecular weight excluding hydrogens is 641 g/mol. The van der Waals surface area contributed by atoms with Crippen LogP contribution in [0.5, 0.6) is 0 Å². The molecule has 3 amide bonds. The fraction of sp³-hybridized carbons (Fsp3) is 0.515. The molecule has 4 atom stereocenters. The smallest absolute Gasteiger partial charge is 0.329 e. The lowest BCUT2D eigenvalue weighted by molar-refractivity contribution is -0.148. The van der Waals surface area contributed by atoms with E-state index < -0.39 is 19.7 Å². The van der Waals surface area contributed by atoms with Crippen molar-refractivity contribution < 1.29 is 33.5 Å². The average molecular weight is 682 g/mol. The van der Waals surface area contributed by atoms with Crippen LogP contribution in [0.4, 0.5) is 5.69 Å². The summed E-state index contributed by atoms with van der Waals surface area (Å²) in [6, 6.07) is 7.56. The number of methoxy groups -OCH3 is 1. The Balaban J connectivity index is 1.01. The molecule has 1 aromatic carbocycles. The van der Waals surface area contributed by atoms with Gasteiger partial charge in [-0.1, -0.05) is 6.07 Å². The minimum Gasteiger partial charge on any atom is -0.380 e. The number of carbonyl (C=O) groups excluding carboxylic acids is 3. The minimum atomic E-state index is -4.22. The number of hydrogen-bond acceptors (Lipinski definition) is 8. The molecule has 250 valence electrons. The van der Waals surface area contributed by atoms with Crippen molar-refractivity contribution in [2.24, 2.45) is 0 Å². The first-order valence-electron chi connectivity index (χ1n) is 16.3. The van der Waals surface area contributed by atoms with Gasteiger partial charge in [0.2, 0.25) is 11.8 Å². The van der Waals surface area contributed by atoms with Crippen molar-refractivity contribution in [2.75, 3.05) is 38.2 Å². The molecule has 0 saturated carbocycles. The third-order valence-electron chi connectivity index (χ3n) is 10.1. The van der Waals surface area contributed by atoms with Crippen molar-refractivity contribution >= 4 is 52.4 Å². The van der Waals surface area contributed by atoms with Crippen LogP contribution in [0.15, 0.2) is 42.7 Å². The number of aromatic nitrogens is 1. The Morgan fingerprint density at radius 3 is 2.68 bits per heavy atom. The van der Waals surface area contributed by atoms with Gasteiger partial charge in [-0.3, -0.25) is 23.9 Å². The third kappa shape index (κ3) is 6.56.